The fraction of sp³-hybridized carbons (Fsp3) is 0.333. The number of benzene rings is 1. The Kier molecular flexibility index (Phi) is 3.47. The molecular weight excluding hydrogens is 236 g/mol. The van der Waals surface area contributed by atoms with E-state index in [-0.39, 0.29) is 5.91 Å². The molecule has 2 amide bonds. The zero-order chi connectivity index (χ0) is 13.1. The summed E-state index contributed by atoms with van der Waals surface area (Å²) in [6, 6.07) is 8.82. The van der Waals surface area contributed by atoms with E-state index in [1.165, 1.54) is 0 Å². The topological polar surface area (TPSA) is 98.7 Å². The average Bonchev–Trinajstić information content (AvgIpc) is 2.33. The molecule has 6 nitrogen and oxygen atoms in total. The molecule has 1 aromatic rings. The van der Waals surface area contributed by atoms with Crippen molar-refractivity contribution < 1.29 is 19.8 Å². The molecule has 2 rings (SSSR count). The lowest BCUT2D eigenvalue weighted by molar-refractivity contribution is -0.139. The minimum Gasteiger partial charge on any atom is -0.465 e. The minimum atomic E-state index is -1.32. The van der Waals surface area contributed by atoms with Crippen LogP contribution >= 0.6 is 0 Å². The zero-order valence-electron chi connectivity index (χ0n) is 9.54. The van der Waals surface area contributed by atoms with Crippen LogP contribution in [0, 0.1) is 5.92 Å². The Morgan fingerprint density at radius 3 is 2.61 bits per heavy atom. The fourth-order valence-corrected chi connectivity index (χ4v) is 2.04. The standard InChI is InChI=1S/C12H14N2O4/c15-10-8(6-7-4-2-1-3-5-7)9(13-10)11(16)14-12(17)18/h1-5,8-9,11,14,16H,6H2,(H,13,15)(H,17,18)/t8-,9-,11?/m1/s1. The van der Waals surface area contributed by atoms with Crippen LogP contribution in [-0.4, -0.2) is 34.5 Å². The van der Waals surface area contributed by atoms with E-state index in [1.54, 1.807) is 0 Å². The van der Waals surface area contributed by atoms with Crippen molar-refractivity contribution in [2.75, 3.05) is 0 Å². The summed E-state index contributed by atoms with van der Waals surface area (Å²) in [5, 5.41) is 22.6. The van der Waals surface area contributed by atoms with Gasteiger partial charge in [0.05, 0.1) is 12.0 Å². The van der Waals surface area contributed by atoms with E-state index in [9.17, 15) is 14.7 Å². The SMILES string of the molecule is O=C(O)NC(O)[C@@H]1NC(=O)[C@@H]1Cc1ccccc1. The third-order valence-corrected chi connectivity index (χ3v) is 2.99. The summed E-state index contributed by atoms with van der Waals surface area (Å²) in [5.41, 5.74) is 0.977. The third kappa shape index (κ3) is 2.60. The van der Waals surface area contributed by atoms with Gasteiger partial charge in [-0.15, -0.1) is 0 Å². The number of carbonyl (C=O) groups is 2. The van der Waals surface area contributed by atoms with Crippen LogP contribution in [0.25, 0.3) is 0 Å². The van der Waals surface area contributed by atoms with Gasteiger partial charge in [-0.25, -0.2) is 4.79 Å². The summed E-state index contributed by atoms with van der Waals surface area (Å²) in [5.74, 6) is -0.579. The predicted molar refractivity (Wildman–Crippen MR) is 62.7 cm³/mol. The van der Waals surface area contributed by atoms with Gasteiger partial charge in [-0.05, 0) is 12.0 Å². The second-order valence-electron chi connectivity index (χ2n) is 4.22. The maximum atomic E-state index is 11.4. The van der Waals surface area contributed by atoms with Crippen LogP contribution in [0.4, 0.5) is 4.79 Å². The molecule has 6 heteroatoms. The molecular formula is C12H14N2O4. The molecule has 4 N–H and O–H groups in total. The molecule has 0 aliphatic carbocycles. The van der Waals surface area contributed by atoms with Crippen LogP contribution in [0.15, 0.2) is 30.3 Å². The molecule has 1 saturated heterocycles. The molecule has 18 heavy (non-hydrogen) atoms. The van der Waals surface area contributed by atoms with Gasteiger partial charge < -0.3 is 15.5 Å². The van der Waals surface area contributed by atoms with Gasteiger partial charge in [0.15, 0.2) is 6.23 Å². The summed E-state index contributed by atoms with van der Waals surface area (Å²) in [6.07, 6.45) is -2.12. The first-order valence-electron chi connectivity index (χ1n) is 5.60. The molecule has 1 aromatic carbocycles. The Morgan fingerprint density at radius 2 is 2.06 bits per heavy atom. The van der Waals surface area contributed by atoms with E-state index in [0.717, 1.165) is 5.56 Å². The number of rotatable bonds is 4. The first-order chi connectivity index (χ1) is 8.58. The number of hydrogen-bond acceptors (Lipinski definition) is 3. The van der Waals surface area contributed by atoms with Crippen LogP contribution in [0.1, 0.15) is 5.56 Å². The summed E-state index contributed by atoms with van der Waals surface area (Å²) >= 11 is 0. The minimum absolute atomic E-state index is 0.171. The number of β-lactam (4-membered cyclic amide) rings is 1. The highest BCUT2D eigenvalue weighted by Crippen LogP contribution is 2.22. The normalized spacial score (nSPS) is 23.7. The Labute approximate surface area is 104 Å². The van der Waals surface area contributed by atoms with Crippen molar-refractivity contribution in [2.24, 2.45) is 5.92 Å². The molecule has 1 fully saturated rings. The molecule has 1 aliphatic heterocycles. The number of aliphatic hydroxyl groups excluding tert-OH is 1. The van der Waals surface area contributed by atoms with Crippen molar-refractivity contribution in [1.29, 1.82) is 0 Å². The van der Waals surface area contributed by atoms with Gasteiger partial charge in [0.25, 0.3) is 0 Å². The lowest BCUT2D eigenvalue weighted by atomic mass is 9.84. The Hall–Kier alpha value is -2.08. The lowest BCUT2D eigenvalue weighted by Crippen LogP contribution is -2.67. The molecule has 3 atom stereocenters. The molecule has 0 bridgehead atoms. The summed E-state index contributed by atoms with van der Waals surface area (Å²) in [6.45, 7) is 0. The quantitative estimate of drug-likeness (QED) is 0.444. The van der Waals surface area contributed by atoms with Crippen LogP contribution in [0.2, 0.25) is 0 Å². The summed E-state index contributed by atoms with van der Waals surface area (Å²) < 4.78 is 0. The van der Waals surface area contributed by atoms with E-state index in [1.807, 2.05) is 35.6 Å². The molecule has 0 spiro atoms. The van der Waals surface area contributed by atoms with E-state index in [0.29, 0.717) is 6.42 Å². The number of carboxylic acid groups (broad SMARTS) is 1. The highest BCUT2D eigenvalue weighted by atomic mass is 16.4. The number of amides is 2. The van der Waals surface area contributed by atoms with Crippen molar-refractivity contribution in [1.82, 2.24) is 10.6 Å². The van der Waals surface area contributed by atoms with Crippen molar-refractivity contribution in [2.45, 2.75) is 18.7 Å². The maximum absolute atomic E-state index is 11.4. The molecule has 0 radical (unpaired) electrons. The Balaban J connectivity index is 1.98. The number of nitrogens with one attached hydrogen (secondary N) is 2. The summed E-state index contributed by atoms with van der Waals surface area (Å²) in [4.78, 5) is 21.9. The predicted octanol–water partition coefficient (Wildman–Crippen LogP) is -0.0703. The van der Waals surface area contributed by atoms with E-state index in [4.69, 9.17) is 5.11 Å². The second kappa shape index (κ2) is 5.05. The number of carbonyl (C=O) groups excluding carboxylic acids is 1. The van der Waals surface area contributed by atoms with Gasteiger partial charge in [-0.1, -0.05) is 30.3 Å². The van der Waals surface area contributed by atoms with Crippen LogP contribution in [0.5, 0.6) is 0 Å². The zero-order valence-corrected chi connectivity index (χ0v) is 9.54. The van der Waals surface area contributed by atoms with E-state index < -0.39 is 24.3 Å². The van der Waals surface area contributed by atoms with Crippen LogP contribution < -0.4 is 10.6 Å². The van der Waals surface area contributed by atoms with Gasteiger partial charge >= 0.3 is 6.09 Å². The Bertz CT molecular complexity index is 449. The van der Waals surface area contributed by atoms with Crippen LogP contribution in [0.3, 0.4) is 0 Å². The molecule has 96 valence electrons. The van der Waals surface area contributed by atoms with Gasteiger partial charge in [-0.3, -0.25) is 10.1 Å². The number of aliphatic hydroxyl groups is 1. The van der Waals surface area contributed by atoms with Crippen molar-refractivity contribution in [3.8, 4) is 0 Å². The molecule has 1 heterocycles. The van der Waals surface area contributed by atoms with E-state index in [2.05, 4.69) is 5.32 Å². The summed E-state index contributed by atoms with van der Waals surface area (Å²) in [7, 11) is 0. The smallest absolute Gasteiger partial charge is 0.406 e. The molecule has 1 unspecified atom stereocenters. The second-order valence-corrected chi connectivity index (χ2v) is 4.22. The largest absolute Gasteiger partial charge is 0.465 e. The maximum Gasteiger partial charge on any atom is 0.406 e. The van der Waals surface area contributed by atoms with Gasteiger partial charge in [0.2, 0.25) is 5.91 Å². The average molecular weight is 250 g/mol. The van der Waals surface area contributed by atoms with E-state index >= 15 is 0 Å². The number of hydrogen-bond donors (Lipinski definition) is 4. The Morgan fingerprint density at radius 1 is 1.39 bits per heavy atom. The highest BCUT2D eigenvalue weighted by Gasteiger charge is 2.43. The lowest BCUT2D eigenvalue weighted by Gasteiger charge is -2.39. The van der Waals surface area contributed by atoms with Crippen molar-refractivity contribution >= 4 is 12.0 Å². The van der Waals surface area contributed by atoms with Crippen molar-refractivity contribution in [3.63, 3.8) is 0 Å². The molecule has 0 aromatic heterocycles. The monoisotopic (exact) mass is 250 g/mol. The fourth-order valence-electron chi connectivity index (χ4n) is 2.04. The molecule has 0 saturated carbocycles. The first-order valence-corrected chi connectivity index (χ1v) is 5.60. The van der Waals surface area contributed by atoms with Crippen molar-refractivity contribution in [3.05, 3.63) is 35.9 Å². The molecule has 1 aliphatic rings. The van der Waals surface area contributed by atoms with Gasteiger partial charge in [0.1, 0.15) is 0 Å². The first kappa shape index (κ1) is 12.4. The highest BCUT2D eigenvalue weighted by molar-refractivity contribution is 5.86. The van der Waals surface area contributed by atoms with Crippen LogP contribution in [-0.2, 0) is 11.2 Å². The van der Waals surface area contributed by atoms with Gasteiger partial charge in [0, 0.05) is 0 Å². The van der Waals surface area contributed by atoms with Gasteiger partial charge in [-0.2, -0.15) is 0 Å². The third-order valence-electron chi connectivity index (χ3n) is 2.99.